The third-order valence-electron chi connectivity index (χ3n) is 3.92. The Kier molecular flexibility index (Phi) is 4.53. The van der Waals surface area contributed by atoms with Crippen molar-refractivity contribution in [1.29, 1.82) is 0 Å². The minimum atomic E-state index is -4.67. The number of alkyl halides is 3. The molecule has 0 unspecified atom stereocenters. The van der Waals surface area contributed by atoms with E-state index in [2.05, 4.69) is 36.0 Å². The lowest BCUT2D eigenvalue weighted by Gasteiger charge is -2.06. The lowest BCUT2D eigenvalue weighted by Crippen LogP contribution is -2.09. The third-order valence-corrected chi connectivity index (χ3v) is 4.33. The summed E-state index contributed by atoms with van der Waals surface area (Å²) in [6, 6.07) is 6.95. The van der Waals surface area contributed by atoms with Crippen molar-refractivity contribution in [2.75, 3.05) is 7.11 Å². The minimum Gasteiger partial charge on any atom is -0.497 e. The Morgan fingerprint density at radius 2 is 1.86 bits per heavy atom. The Balaban J connectivity index is 1.78. The number of hydrogen-bond acceptors (Lipinski definition) is 5. The maximum absolute atomic E-state index is 13.2. The summed E-state index contributed by atoms with van der Waals surface area (Å²) in [7, 11) is 1.54. The van der Waals surface area contributed by atoms with E-state index in [1.165, 1.54) is 11.8 Å². The summed E-state index contributed by atoms with van der Waals surface area (Å²) >= 11 is 3.30. The van der Waals surface area contributed by atoms with E-state index in [1.54, 1.807) is 47.3 Å². The number of hydrogen-bond donors (Lipinski definition) is 0. The highest BCUT2D eigenvalue weighted by molar-refractivity contribution is 9.10. The van der Waals surface area contributed by atoms with Crippen LogP contribution in [0.5, 0.6) is 5.75 Å². The third kappa shape index (κ3) is 3.57. The number of fused-ring (bicyclic) bond motifs is 1. The highest BCUT2D eigenvalue weighted by atomic mass is 79.9. The zero-order valence-corrected chi connectivity index (χ0v) is 15.9. The van der Waals surface area contributed by atoms with E-state index in [1.807, 2.05) is 0 Å². The standard InChI is InChI=1S/C17H12BrF3N6O/c1-28-12-4-2-10(3-5-12)7-27-14(24-15(25-27)17(19,20)21)13-9-26-8-11(18)6-22-16(26)23-13/h2-6,8-9H,7H2,1H3. The van der Waals surface area contributed by atoms with Gasteiger partial charge in [-0.05, 0) is 33.6 Å². The number of ether oxygens (including phenoxy) is 1. The molecule has 0 saturated heterocycles. The van der Waals surface area contributed by atoms with Crippen LogP contribution in [0.4, 0.5) is 13.2 Å². The fourth-order valence-electron chi connectivity index (χ4n) is 2.63. The van der Waals surface area contributed by atoms with Gasteiger partial charge in [0.2, 0.25) is 5.78 Å². The molecule has 0 spiro atoms. The molecule has 3 aromatic heterocycles. The van der Waals surface area contributed by atoms with Gasteiger partial charge in [-0.15, -0.1) is 5.10 Å². The molecule has 0 bridgehead atoms. The first-order chi connectivity index (χ1) is 13.3. The molecule has 0 atom stereocenters. The van der Waals surface area contributed by atoms with Gasteiger partial charge in [0.15, 0.2) is 5.82 Å². The molecular weight excluding hydrogens is 441 g/mol. The van der Waals surface area contributed by atoms with Crippen molar-refractivity contribution < 1.29 is 17.9 Å². The zero-order valence-electron chi connectivity index (χ0n) is 14.4. The maximum atomic E-state index is 13.2. The first kappa shape index (κ1) is 18.4. The minimum absolute atomic E-state index is 0.00441. The van der Waals surface area contributed by atoms with Crippen LogP contribution in [0.1, 0.15) is 11.4 Å². The van der Waals surface area contributed by atoms with Crippen LogP contribution in [-0.4, -0.2) is 36.2 Å². The summed E-state index contributed by atoms with van der Waals surface area (Å²) < 4.78 is 48.2. The molecule has 0 aliphatic carbocycles. The highest BCUT2D eigenvalue weighted by Crippen LogP contribution is 2.29. The molecule has 4 rings (SSSR count). The van der Waals surface area contributed by atoms with Gasteiger partial charge < -0.3 is 4.74 Å². The molecule has 28 heavy (non-hydrogen) atoms. The van der Waals surface area contributed by atoms with Gasteiger partial charge in [0.25, 0.3) is 5.82 Å². The highest BCUT2D eigenvalue weighted by Gasteiger charge is 2.37. The van der Waals surface area contributed by atoms with Crippen LogP contribution in [0.3, 0.4) is 0 Å². The number of halogens is 4. The molecule has 0 aliphatic rings. The SMILES string of the molecule is COc1ccc(Cn2nc(C(F)(F)F)nc2-c2cn3cc(Br)cnc3n2)cc1. The van der Waals surface area contributed by atoms with E-state index in [9.17, 15) is 13.2 Å². The van der Waals surface area contributed by atoms with Crippen molar-refractivity contribution in [3.63, 3.8) is 0 Å². The molecule has 0 N–H and O–H groups in total. The van der Waals surface area contributed by atoms with Crippen LogP contribution < -0.4 is 4.74 Å². The van der Waals surface area contributed by atoms with Crippen LogP contribution >= 0.6 is 15.9 Å². The zero-order chi connectivity index (χ0) is 19.9. The summed E-state index contributed by atoms with van der Waals surface area (Å²) in [5, 5.41) is 3.65. The molecule has 0 amide bonds. The number of imidazole rings is 1. The van der Waals surface area contributed by atoms with Gasteiger partial charge in [-0.2, -0.15) is 13.2 Å². The van der Waals surface area contributed by atoms with E-state index in [-0.39, 0.29) is 18.1 Å². The van der Waals surface area contributed by atoms with Crippen molar-refractivity contribution in [2.24, 2.45) is 0 Å². The van der Waals surface area contributed by atoms with Gasteiger partial charge >= 0.3 is 6.18 Å². The average molecular weight is 453 g/mol. The predicted molar refractivity (Wildman–Crippen MR) is 96.8 cm³/mol. The molecule has 7 nitrogen and oxygen atoms in total. The van der Waals surface area contributed by atoms with Gasteiger partial charge in [0.1, 0.15) is 11.4 Å². The first-order valence-corrected chi connectivity index (χ1v) is 8.78. The number of methoxy groups -OCH3 is 1. The van der Waals surface area contributed by atoms with E-state index in [4.69, 9.17) is 4.74 Å². The second-order valence-electron chi connectivity index (χ2n) is 5.87. The average Bonchev–Trinajstić information content (AvgIpc) is 3.25. The van der Waals surface area contributed by atoms with E-state index >= 15 is 0 Å². The number of rotatable bonds is 4. The van der Waals surface area contributed by atoms with Gasteiger partial charge in [0.05, 0.1) is 18.1 Å². The van der Waals surface area contributed by atoms with Crippen LogP contribution in [-0.2, 0) is 12.7 Å². The molecular formula is C17H12BrF3N6O. The molecule has 4 aromatic rings. The molecule has 1 aromatic carbocycles. The molecule has 0 fully saturated rings. The predicted octanol–water partition coefficient (Wildman–Crippen LogP) is 3.83. The number of aromatic nitrogens is 6. The smallest absolute Gasteiger partial charge is 0.453 e. The second-order valence-corrected chi connectivity index (χ2v) is 6.78. The molecule has 0 saturated carbocycles. The van der Waals surface area contributed by atoms with Crippen LogP contribution in [0, 0.1) is 0 Å². The Morgan fingerprint density at radius 1 is 1.11 bits per heavy atom. The molecule has 0 aliphatic heterocycles. The molecule has 3 heterocycles. The van der Waals surface area contributed by atoms with Crippen LogP contribution in [0.2, 0.25) is 0 Å². The summed E-state index contributed by atoms with van der Waals surface area (Å²) in [6.07, 6.45) is 0.144. The molecule has 0 radical (unpaired) electrons. The topological polar surface area (TPSA) is 70.1 Å². The lowest BCUT2D eigenvalue weighted by molar-refractivity contribution is -0.144. The van der Waals surface area contributed by atoms with Crippen LogP contribution in [0.25, 0.3) is 17.3 Å². The Labute approximate surface area is 165 Å². The van der Waals surface area contributed by atoms with Crippen molar-refractivity contribution >= 4 is 21.7 Å². The van der Waals surface area contributed by atoms with Crippen LogP contribution in [0.15, 0.2) is 47.3 Å². The quantitative estimate of drug-likeness (QED) is 0.470. The number of nitrogens with zero attached hydrogens (tertiary/aromatic N) is 6. The molecule has 144 valence electrons. The Morgan fingerprint density at radius 3 is 2.54 bits per heavy atom. The van der Waals surface area contributed by atoms with E-state index in [0.717, 1.165) is 5.56 Å². The summed E-state index contributed by atoms with van der Waals surface area (Å²) in [6.45, 7) is 0.0907. The normalized spacial score (nSPS) is 11.9. The fraction of sp³-hybridized carbons (Fsp3) is 0.176. The van der Waals surface area contributed by atoms with Gasteiger partial charge in [-0.25, -0.2) is 19.6 Å². The van der Waals surface area contributed by atoms with Crippen molar-refractivity contribution in [1.82, 2.24) is 29.1 Å². The van der Waals surface area contributed by atoms with Crippen molar-refractivity contribution in [2.45, 2.75) is 12.7 Å². The summed E-state index contributed by atoms with van der Waals surface area (Å²) in [5.74, 6) is -0.228. The first-order valence-electron chi connectivity index (χ1n) is 7.99. The van der Waals surface area contributed by atoms with Gasteiger partial charge in [-0.1, -0.05) is 12.1 Å². The monoisotopic (exact) mass is 452 g/mol. The molecule has 11 heteroatoms. The summed E-state index contributed by atoms with van der Waals surface area (Å²) in [5.41, 5.74) is 0.979. The second kappa shape index (κ2) is 6.89. The van der Waals surface area contributed by atoms with E-state index in [0.29, 0.717) is 16.0 Å². The van der Waals surface area contributed by atoms with Crippen molar-refractivity contribution in [3.8, 4) is 17.3 Å². The lowest BCUT2D eigenvalue weighted by atomic mass is 10.2. The van der Waals surface area contributed by atoms with Gasteiger partial charge in [0, 0.05) is 18.6 Å². The summed E-state index contributed by atoms with van der Waals surface area (Å²) in [4.78, 5) is 12.1. The largest absolute Gasteiger partial charge is 0.497 e. The van der Waals surface area contributed by atoms with E-state index < -0.39 is 12.0 Å². The number of benzene rings is 1. The Bertz CT molecular complexity index is 1140. The fourth-order valence-corrected chi connectivity index (χ4v) is 2.96. The maximum Gasteiger partial charge on any atom is 0.453 e. The van der Waals surface area contributed by atoms with Crippen molar-refractivity contribution in [3.05, 3.63) is 58.7 Å². The Hall–Kier alpha value is -2.95. The van der Waals surface area contributed by atoms with Gasteiger partial charge in [-0.3, -0.25) is 4.40 Å².